The second-order valence-electron chi connectivity index (χ2n) is 6.13. The normalized spacial score (nSPS) is 21.2. The van der Waals surface area contributed by atoms with Crippen molar-refractivity contribution in [1.29, 1.82) is 0 Å². The summed E-state index contributed by atoms with van der Waals surface area (Å²) in [6.45, 7) is 10.5. The number of rotatable bonds is 8. The van der Waals surface area contributed by atoms with Crippen molar-refractivity contribution >= 4 is 5.91 Å². The van der Waals surface area contributed by atoms with Gasteiger partial charge in [-0.25, -0.2) is 0 Å². The topological polar surface area (TPSA) is 67.6 Å². The third kappa shape index (κ3) is 7.22. The van der Waals surface area contributed by atoms with Crippen LogP contribution in [-0.2, 0) is 9.53 Å². The first kappa shape index (κ1) is 17.4. The van der Waals surface area contributed by atoms with E-state index in [1.807, 2.05) is 13.8 Å². The van der Waals surface area contributed by atoms with Crippen LogP contribution in [0.4, 0.5) is 0 Å². The minimum Gasteiger partial charge on any atom is -0.379 e. The third-order valence-corrected chi connectivity index (χ3v) is 3.77. The van der Waals surface area contributed by atoms with Gasteiger partial charge >= 0.3 is 0 Å². The standard InChI is InChI=1S/C15H31N3O2/c1-12(5-4-6-13(2)16)15(19)17-14(3)11-18-7-9-20-10-8-18/h12-14H,4-11,16H2,1-3H3,(H,17,19). The molecule has 20 heavy (non-hydrogen) atoms. The molecule has 0 bridgehead atoms. The van der Waals surface area contributed by atoms with Crippen molar-refractivity contribution in [1.82, 2.24) is 10.2 Å². The lowest BCUT2D eigenvalue weighted by Gasteiger charge is -2.29. The molecule has 3 N–H and O–H groups in total. The second kappa shape index (κ2) is 9.32. The highest BCUT2D eigenvalue weighted by atomic mass is 16.5. The van der Waals surface area contributed by atoms with Crippen LogP contribution in [0.1, 0.15) is 40.0 Å². The number of ether oxygens (including phenoxy) is 1. The van der Waals surface area contributed by atoms with Gasteiger partial charge in [0.15, 0.2) is 0 Å². The molecule has 5 heteroatoms. The number of nitrogens with two attached hydrogens (primary N) is 1. The van der Waals surface area contributed by atoms with E-state index in [1.54, 1.807) is 0 Å². The maximum absolute atomic E-state index is 12.1. The van der Waals surface area contributed by atoms with Gasteiger partial charge in [0.25, 0.3) is 0 Å². The molecule has 0 radical (unpaired) electrons. The van der Waals surface area contributed by atoms with Crippen molar-refractivity contribution in [3.63, 3.8) is 0 Å². The monoisotopic (exact) mass is 285 g/mol. The Hall–Kier alpha value is -0.650. The number of amides is 1. The van der Waals surface area contributed by atoms with Gasteiger partial charge in [-0.05, 0) is 26.7 Å². The number of nitrogens with one attached hydrogen (secondary N) is 1. The fourth-order valence-corrected chi connectivity index (χ4v) is 2.48. The molecule has 1 rings (SSSR count). The molecule has 1 fully saturated rings. The Labute approximate surface area is 123 Å². The van der Waals surface area contributed by atoms with Gasteiger partial charge in [0.2, 0.25) is 5.91 Å². The molecule has 0 aromatic rings. The average molecular weight is 285 g/mol. The Bertz CT molecular complexity index is 278. The van der Waals surface area contributed by atoms with Crippen molar-refractivity contribution in [2.24, 2.45) is 11.7 Å². The molecule has 0 aromatic carbocycles. The van der Waals surface area contributed by atoms with Crippen LogP contribution in [0.15, 0.2) is 0 Å². The first-order valence-corrected chi connectivity index (χ1v) is 7.85. The first-order valence-electron chi connectivity index (χ1n) is 7.85. The molecule has 1 aliphatic rings. The van der Waals surface area contributed by atoms with E-state index < -0.39 is 0 Å². The molecule has 0 aromatic heterocycles. The van der Waals surface area contributed by atoms with Crippen molar-refractivity contribution in [3.05, 3.63) is 0 Å². The predicted octanol–water partition coefficient (Wildman–Crippen LogP) is 0.977. The van der Waals surface area contributed by atoms with Crippen molar-refractivity contribution in [2.75, 3.05) is 32.8 Å². The highest BCUT2D eigenvalue weighted by Gasteiger charge is 2.18. The Morgan fingerprint density at radius 3 is 2.50 bits per heavy atom. The zero-order valence-electron chi connectivity index (χ0n) is 13.2. The summed E-state index contributed by atoms with van der Waals surface area (Å²) in [5.74, 6) is 0.233. The number of carbonyl (C=O) groups excluding carboxylic acids is 1. The number of carbonyl (C=O) groups is 1. The van der Waals surface area contributed by atoms with Crippen LogP contribution in [0.3, 0.4) is 0 Å². The molecule has 1 amide bonds. The smallest absolute Gasteiger partial charge is 0.223 e. The van der Waals surface area contributed by atoms with Crippen LogP contribution >= 0.6 is 0 Å². The molecule has 0 aliphatic carbocycles. The van der Waals surface area contributed by atoms with Crippen LogP contribution in [-0.4, -0.2) is 55.7 Å². The summed E-state index contributed by atoms with van der Waals surface area (Å²) in [4.78, 5) is 14.4. The molecule has 118 valence electrons. The zero-order chi connectivity index (χ0) is 15.0. The molecule has 1 saturated heterocycles. The van der Waals surface area contributed by atoms with Crippen LogP contribution in [0.2, 0.25) is 0 Å². The number of hydrogen-bond acceptors (Lipinski definition) is 4. The molecular weight excluding hydrogens is 254 g/mol. The van der Waals surface area contributed by atoms with E-state index in [4.69, 9.17) is 10.5 Å². The van der Waals surface area contributed by atoms with E-state index in [1.165, 1.54) is 0 Å². The molecule has 0 saturated carbocycles. The minimum atomic E-state index is 0.0703. The van der Waals surface area contributed by atoms with Crippen molar-refractivity contribution < 1.29 is 9.53 Å². The Morgan fingerprint density at radius 2 is 1.90 bits per heavy atom. The van der Waals surface area contributed by atoms with E-state index in [0.29, 0.717) is 0 Å². The summed E-state index contributed by atoms with van der Waals surface area (Å²) in [6, 6.07) is 0.419. The van der Waals surface area contributed by atoms with Gasteiger partial charge in [-0.1, -0.05) is 13.3 Å². The molecule has 0 spiro atoms. The molecule has 3 atom stereocenters. The molecule has 3 unspecified atom stereocenters. The summed E-state index contributed by atoms with van der Waals surface area (Å²) < 4.78 is 5.32. The summed E-state index contributed by atoms with van der Waals surface area (Å²) in [6.07, 6.45) is 2.92. The lowest BCUT2D eigenvalue weighted by Crippen LogP contribution is -2.47. The van der Waals surface area contributed by atoms with Crippen LogP contribution in [0.25, 0.3) is 0 Å². The van der Waals surface area contributed by atoms with E-state index in [0.717, 1.165) is 52.1 Å². The average Bonchev–Trinajstić information content (AvgIpc) is 2.39. The van der Waals surface area contributed by atoms with Gasteiger partial charge in [-0.15, -0.1) is 0 Å². The van der Waals surface area contributed by atoms with Crippen LogP contribution in [0.5, 0.6) is 0 Å². The Morgan fingerprint density at radius 1 is 1.25 bits per heavy atom. The highest BCUT2D eigenvalue weighted by Crippen LogP contribution is 2.09. The van der Waals surface area contributed by atoms with Gasteiger partial charge in [0.1, 0.15) is 0 Å². The summed E-state index contributed by atoms with van der Waals surface area (Å²) in [5, 5.41) is 3.11. The van der Waals surface area contributed by atoms with Crippen LogP contribution in [0, 0.1) is 5.92 Å². The maximum Gasteiger partial charge on any atom is 0.223 e. The number of nitrogens with zero attached hydrogens (tertiary/aromatic N) is 1. The van der Waals surface area contributed by atoms with Crippen LogP contribution < -0.4 is 11.1 Å². The fraction of sp³-hybridized carbons (Fsp3) is 0.933. The summed E-state index contributed by atoms with van der Waals surface area (Å²) >= 11 is 0. The van der Waals surface area contributed by atoms with Crippen molar-refractivity contribution in [3.8, 4) is 0 Å². The highest BCUT2D eigenvalue weighted by molar-refractivity contribution is 5.78. The van der Waals surface area contributed by atoms with E-state index in [2.05, 4.69) is 17.1 Å². The Balaban J connectivity index is 2.18. The lowest BCUT2D eigenvalue weighted by molar-refractivity contribution is -0.125. The van der Waals surface area contributed by atoms with Gasteiger partial charge < -0.3 is 15.8 Å². The second-order valence-corrected chi connectivity index (χ2v) is 6.13. The SMILES string of the molecule is CC(N)CCCC(C)C(=O)NC(C)CN1CCOCC1. The Kier molecular flexibility index (Phi) is 8.11. The first-order chi connectivity index (χ1) is 9.49. The van der Waals surface area contributed by atoms with Gasteiger partial charge in [-0.3, -0.25) is 9.69 Å². The van der Waals surface area contributed by atoms with Gasteiger partial charge in [0.05, 0.1) is 13.2 Å². The quantitative estimate of drug-likeness (QED) is 0.697. The predicted molar refractivity (Wildman–Crippen MR) is 81.5 cm³/mol. The molecule has 1 heterocycles. The third-order valence-electron chi connectivity index (χ3n) is 3.77. The number of hydrogen-bond donors (Lipinski definition) is 2. The summed E-state index contributed by atoms with van der Waals surface area (Å²) in [5.41, 5.74) is 5.72. The summed E-state index contributed by atoms with van der Waals surface area (Å²) in [7, 11) is 0. The zero-order valence-corrected chi connectivity index (χ0v) is 13.2. The molecule has 5 nitrogen and oxygen atoms in total. The molecule has 1 aliphatic heterocycles. The lowest BCUT2D eigenvalue weighted by atomic mass is 10.0. The molecular formula is C15H31N3O2. The minimum absolute atomic E-state index is 0.0703. The fourth-order valence-electron chi connectivity index (χ4n) is 2.48. The van der Waals surface area contributed by atoms with Gasteiger partial charge in [0, 0.05) is 37.6 Å². The largest absolute Gasteiger partial charge is 0.379 e. The van der Waals surface area contributed by atoms with E-state index in [-0.39, 0.29) is 23.9 Å². The van der Waals surface area contributed by atoms with E-state index >= 15 is 0 Å². The maximum atomic E-state index is 12.1. The van der Waals surface area contributed by atoms with E-state index in [9.17, 15) is 4.79 Å². The van der Waals surface area contributed by atoms with Gasteiger partial charge in [-0.2, -0.15) is 0 Å². The van der Waals surface area contributed by atoms with Crippen molar-refractivity contribution in [2.45, 2.75) is 52.1 Å². The number of morpholine rings is 1.